The number of esters is 1. The van der Waals surface area contributed by atoms with Gasteiger partial charge < -0.3 is 4.74 Å². The van der Waals surface area contributed by atoms with Crippen LogP contribution in [0.4, 0.5) is 0 Å². The van der Waals surface area contributed by atoms with Crippen LogP contribution in [0.3, 0.4) is 0 Å². The van der Waals surface area contributed by atoms with Gasteiger partial charge in [-0.2, -0.15) is 5.26 Å². The minimum absolute atomic E-state index is 0.297. The van der Waals surface area contributed by atoms with Gasteiger partial charge in [0.05, 0.1) is 12.7 Å². The van der Waals surface area contributed by atoms with Crippen molar-refractivity contribution in [2.45, 2.75) is 51.9 Å². The molecule has 0 saturated heterocycles. The predicted octanol–water partition coefficient (Wildman–Crippen LogP) is 3.36. The zero-order valence-corrected chi connectivity index (χ0v) is 10.1. The number of hydrogen-bond donors (Lipinski definition) is 0. The molecule has 0 saturated carbocycles. The van der Waals surface area contributed by atoms with Gasteiger partial charge in [-0.25, -0.2) is 4.79 Å². The number of carbonyl (C=O) groups is 1. The Hall–Kier alpha value is -1.30. The number of nitriles is 1. The Balaban J connectivity index is 3.13. The molecule has 0 atom stereocenters. The first-order valence-corrected chi connectivity index (χ1v) is 5.88. The second kappa shape index (κ2) is 10.2. The first kappa shape index (κ1) is 14.7. The van der Waals surface area contributed by atoms with E-state index in [1.54, 1.807) is 6.92 Å². The van der Waals surface area contributed by atoms with Gasteiger partial charge in [-0.1, -0.05) is 32.3 Å². The maximum absolute atomic E-state index is 11.0. The molecule has 0 heterocycles. The summed E-state index contributed by atoms with van der Waals surface area (Å²) in [6.07, 6.45) is 7.09. The summed E-state index contributed by atoms with van der Waals surface area (Å²) in [5.74, 6) is -0.297. The maximum Gasteiger partial charge on any atom is 0.333 e. The summed E-state index contributed by atoms with van der Waals surface area (Å²) in [5.41, 5.74) is 0.455. The number of nitrogens with zero attached hydrogens (tertiary/aromatic N) is 1. The molecule has 0 aliphatic heterocycles. The van der Waals surface area contributed by atoms with Gasteiger partial charge in [0, 0.05) is 12.0 Å². The maximum atomic E-state index is 11.0. The van der Waals surface area contributed by atoms with Gasteiger partial charge >= 0.3 is 5.97 Å². The lowest BCUT2D eigenvalue weighted by Gasteiger charge is -2.03. The van der Waals surface area contributed by atoms with Gasteiger partial charge in [-0.05, 0) is 19.8 Å². The largest absolute Gasteiger partial charge is 0.462 e. The Morgan fingerprint density at radius 2 is 1.75 bits per heavy atom. The molecule has 0 aliphatic rings. The SMILES string of the molecule is C=C(C)C(=O)OCCCCCCCCC#N. The zero-order valence-electron chi connectivity index (χ0n) is 10.1. The molecule has 0 aromatic carbocycles. The standard InChI is InChI=1S/C13H21NO2/c1-12(2)13(15)16-11-9-7-5-3-4-6-8-10-14/h1,3-9,11H2,2H3. The van der Waals surface area contributed by atoms with Crippen molar-refractivity contribution in [3.8, 4) is 6.07 Å². The summed E-state index contributed by atoms with van der Waals surface area (Å²) in [6.45, 7) is 5.65. The van der Waals surface area contributed by atoms with E-state index in [-0.39, 0.29) is 5.97 Å². The molecule has 0 radical (unpaired) electrons. The van der Waals surface area contributed by atoms with E-state index in [4.69, 9.17) is 10.00 Å². The van der Waals surface area contributed by atoms with Crippen molar-refractivity contribution >= 4 is 5.97 Å². The van der Waals surface area contributed by atoms with Gasteiger partial charge in [0.1, 0.15) is 0 Å². The van der Waals surface area contributed by atoms with Crippen molar-refractivity contribution in [3.63, 3.8) is 0 Å². The highest BCUT2D eigenvalue weighted by molar-refractivity contribution is 5.86. The predicted molar refractivity (Wildman–Crippen MR) is 63.7 cm³/mol. The lowest BCUT2D eigenvalue weighted by molar-refractivity contribution is -0.139. The highest BCUT2D eigenvalue weighted by atomic mass is 16.5. The van der Waals surface area contributed by atoms with E-state index in [9.17, 15) is 4.79 Å². The van der Waals surface area contributed by atoms with E-state index in [0.29, 0.717) is 18.6 Å². The summed E-state index contributed by atoms with van der Waals surface area (Å²) in [5, 5.41) is 8.33. The number of ether oxygens (including phenoxy) is 1. The molecule has 0 spiro atoms. The summed E-state index contributed by atoms with van der Waals surface area (Å²) < 4.78 is 4.97. The summed E-state index contributed by atoms with van der Waals surface area (Å²) >= 11 is 0. The van der Waals surface area contributed by atoms with Crippen molar-refractivity contribution in [2.75, 3.05) is 6.61 Å². The van der Waals surface area contributed by atoms with Gasteiger partial charge in [0.15, 0.2) is 0 Å². The van der Waals surface area contributed by atoms with E-state index in [2.05, 4.69) is 12.6 Å². The van der Waals surface area contributed by atoms with E-state index in [1.807, 2.05) is 0 Å². The Morgan fingerprint density at radius 1 is 1.19 bits per heavy atom. The highest BCUT2D eigenvalue weighted by Gasteiger charge is 2.01. The van der Waals surface area contributed by atoms with Gasteiger partial charge in [0.25, 0.3) is 0 Å². The fraction of sp³-hybridized carbons (Fsp3) is 0.692. The van der Waals surface area contributed by atoms with Crippen LogP contribution >= 0.6 is 0 Å². The molecule has 0 aromatic rings. The van der Waals surface area contributed by atoms with Crippen molar-refractivity contribution in [1.82, 2.24) is 0 Å². The summed E-state index contributed by atoms with van der Waals surface area (Å²) in [6, 6.07) is 2.14. The van der Waals surface area contributed by atoms with E-state index >= 15 is 0 Å². The molecule has 0 rings (SSSR count). The van der Waals surface area contributed by atoms with E-state index in [1.165, 1.54) is 0 Å². The molecule has 0 fully saturated rings. The third-order valence-corrected chi connectivity index (χ3v) is 2.26. The van der Waals surface area contributed by atoms with Crippen LogP contribution in [0.1, 0.15) is 51.9 Å². The van der Waals surface area contributed by atoms with Crippen molar-refractivity contribution in [3.05, 3.63) is 12.2 Å². The third-order valence-electron chi connectivity index (χ3n) is 2.26. The lowest BCUT2D eigenvalue weighted by Crippen LogP contribution is -2.05. The Labute approximate surface area is 98.1 Å². The molecular formula is C13H21NO2. The summed E-state index contributed by atoms with van der Waals surface area (Å²) in [4.78, 5) is 11.0. The second-order valence-electron chi connectivity index (χ2n) is 3.95. The third kappa shape index (κ3) is 9.26. The molecule has 16 heavy (non-hydrogen) atoms. The second-order valence-corrected chi connectivity index (χ2v) is 3.95. The molecule has 0 N–H and O–H groups in total. The molecular weight excluding hydrogens is 202 g/mol. The van der Waals surface area contributed by atoms with Crippen LogP contribution in [-0.4, -0.2) is 12.6 Å². The zero-order chi connectivity index (χ0) is 12.2. The molecule has 0 unspecified atom stereocenters. The number of unbranched alkanes of at least 4 members (excludes halogenated alkanes) is 6. The van der Waals surface area contributed by atoms with Crippen LogP contribution < -0.4 is 0 Å². The number of rotatable bonds is 9. The lowest BCUT2D eigenvalue weighted by atomic mass is 10.1. The topological polar surface area (TPSA) is 50.1 Å². The van der Waals surface area contributed by atoms with Crippen LogP contribution in [-0.2, 0) is 9.53 Å². The Morgan fingerprint density at radius 3 is 2.31 bits per heavy atom. The number of hydrogen-bond acceptors (Lipinski definition) is 3. The minimum atomic E-state index is -0.297. The highest BCUT2D eigenvalue weighted by Crippen LogP contribution is 2.07. The first-order valence-electron chi connectivity index (χ1n) is 5.88. The normalized spacial score (nSPS) is 9.50. The average Bonchev–Trinajstić information content (AvgIpc) is 2.26. The van der Waals surface area contributed by atoms with E-state index in [0.717, 1.165) is 38.5 Å². The molecule has 3 heteroatoms. The van der Waals surface area contributed by atoms with Crippen LogP contribution in [0.25, 0.3) is 0 Å². The summed E-state index contributed by atoms with van der Waals surface area (Å²) in [7, 11) is 0. The van der Waals surface area contributed by atoms with Crippen LogP contribution in [0.5, 0.6) is 0 Å². The molecule has 0 bridgehead atoms. The van der Waals surface area contributed by atoms with Crippen LogP contribution in [0.15, 0.2) is 12.2 Å². The van der Waals surface area contributed by atoms with Crippen LogP contribution in [0, 0.1) is 11.3 Å². The molecule has 90 valence electrons. The van der Waals surface area contributed by atoms with Crippen molar-refractivity contribution in [2.24, 2.45) is 0 Å². The smallest absolute Gasteiger partial charge is 0.333 e. The van der Waals surface area contributed by atoms with Gasteiger partial charge in [0.2, 0.25) is 0 Å². The molecule has 0 amide bonds. The van der Waals surface area contributed by atoms with Gasteiger partial charge in [-0.3, -0.25) is 0 Å². The average molecular weight is 223 g/mol. The molecule has 3 nitrogen and oxygen atoms in total. The Bertz CT molecular complexity index is 253. The monoisotopic (exact) mass is 223 g/mol. The number of carbonyl (C=O) groups excluding carboxylic acids is 1. The fourth-order valence-electron chi connectivity index (χ4n) is 1.30. The van der Waals surface area contributed by atoms with E-state index < -0.39 is 0 Å². The van der Waals surface area contributed by atoms with Crippen LogP contribution in [0.2, 0.25) is 0 Å². The first-order chi connectivity index (χ1) is 7.68. The Kier molecular flexibility index (Phi) is 9.39. The minimum Gasteiger partial charge on any atom is -0.462 e. The molecule has 0 aromatic heterocycles. The van der Waals surface area contributed by atoms with Crippen molar-refractivity contribution in [1.29, 1.82) is 5.26 Å². The van der Waals surface area contributed by atoms with Crippen molar-refractivity contribution < 1.29 is 9.53 Å². The fourth-order valence-corrected chi connectivity index (χ4v) is 1.30. The quantitative estimate of drug-likeness (QED) is 0.342. The molecule has 0 aliphatic carbocycles. The van der Waals surface area contributed by atoms with Gasteiger partial charge in [-0.15, -0.1) is 0 Å².